The Balaban J connectivity index is 2.17. The highest BCUT2D eigenvalue weighted by Crippen LogP contribution is 2.26. The maximum atomic E-state index is 5.68. The van der Waals surface area contributed by atoms with Crippen molar-refractivity contribution in [3.63, 3.8) is 0 Å². The van der Waals surface area contributed by atoms with Crippen molar-refractivity contribution in [2.24, 2.45) is 0 Å². The number of halogens is 1. The second kappa shape index (κ2) is 5.41. The van der Waals surface area contributed by atoms with Crippen molar-refractivity contribution in [2.45, 2.75) is 19.3 Å². The molecule has 4 heteroatoms. The maximum Gasteiger partial charge on any atom is 0.124 e. The fourth-order valence-electron chi connectivity index (χ4n) is 1.51. The van der Waals surface area contributed by atoms with Crippen molar-refractivity contribution in [1.82, 2.24) is 10.2 Å². The molecule has 0 aliphatic rings. The van der Waals surface area contributed by atoms with E-state index in [1.54, 1.807) is 11.3 Å². The van der Waals surface area contributed by atoms with Gasteiger partial charge in [0.25, 0.3) is 0 Å². The Morgan fingerprint density at radius 2 is 2.00 bits per heavy atom. The molecule has 0 saturated carbocycles. The van der Waals surface area contributed by atoms with Crippen LogP contribution in [-0.4, -0.2) is 16.1 Å². The van der Waals surface area contributed by atoms with Crippen LogP contribution in [0.3, 0.4) is 0 Å². The molecule has 1 atom stereocenters. The second-order valence-electron chi connectivity index (χ2n) is 3.61. The minimum atomic E-state index is 0.308. The Hall–Kier alpha value is -0.930. The SMILES string of the molecule is CC(c1ccccc1)c1nnc(CCCl)s1. The molecule has 1 heterocycles. The monoisotopic (exact) mass is 252 g/mol. The average molecular weight is 253 g/mol. The van der Waals surface area contributed by atoms with Gasteiger partial charge in [-0.05, 0) is 5.56 Å². The third kappa shape index (κ3) is 2.60. The lowest BCUT2D eigenvalue weighted by Crippen LogP contribution is -1.94. The Morgan fingerprint density at radius 3 is 2.69 bits per heavy atom. The Kier molecular flexibility index (Phi) is 3.91. The van der Waals surface area contributed by atoms with E-state index in [4.69, 9.17) is 11.6 Å². The van der Waals surface area contributed by atoms with Crippen LogP contribution < -0.4 is 0 Å². The van der Waals surface area contributed by atoms with Crippen LogP contribution in [0.15, 0.2) is 30.3 Å². The van der Waals surface area contributed by atoms with Gasteiger partial charge in [0, 0.05) is 18.2 Å². The third-order valence-electron chi connectivity index (χ3n) is 2.46. The van der Waals surface area contributed by atoms with Crippen LogP contribution >= 0.6 is 22.9 Å². The highest BCUT2D eigenvalue weighted by molar-refractivity contribution is 7.11. The summed E-state index contributed by atoms with van der Waals surface area (Å²) < 4.78 is 0. The lowest BCUT2D eigenvalue weighted by atomic mass is 10.0. The minimum Gasteiger partial charge on any atom is -0.143 e. The van der Waals surface area contributed by atoms with Crippen molar-refractivity contribution in [3.05, 3.63) is 45.9 Å². The second-order valence-corrected chi connectivity index (χ2v) is 5.08. The van der Waals surface area contributed by atoms with Crippen molar-refractivity contribution in [3.8, 4) is 0 Å². The molecule has 0 spiro atoms. The summed E-state index contributed by atoms with van der Waals surface area (Å²) in [6.45, 7) is 2.15. The van der Waals surface area contributed by atoms with E-state index < -0.39 is 0 Å². The van der Waals surface area contributed by atoms with Crippen LogP contribution in [0.5, 0.6) is 0 Å². The molecule has 0 aliphatic carbocycles. The van der Waals surface area contributed by atoms with Crippen molar-refractivity contribution in [2.75, 3.05) is 5.88 Å². The predicted octanol–water partition coefficient (Wildman–Crippen LogP) is 3.47. The largest absolute Gasteiger partial charge is 0.143 e. The van der Waals surface area contributed by atoms with Gasteiger partial charge in [-0.3, -0.25) is 0 Å². The fraction of sp³-hybridized carbons (Fsp3) is 0.333. The molecule has 1 unspecified atom stereocenters. The smallest absolute Gasteiger partial charge is 0.124 e. The number of aromatic nitrogens is 2. The van der Waals surface area contributed by atoms with Gasteiger partial charge in [0.2, 0.25) is 0 Å². The summed E-state index contributed by atoms with van der Waals surface area (Å²) in [6, 6.07) is 10.4. The molecule has 0 saturated heterocycles. The summed E-state index contributed by atoms with van der Waals surface area (Å²) in [5, 5.41) is 10.4. The number of nitrogens with zero attached hydrogens (tertiary/aromatic N) is 2. The van der Waals surface area contributed by atoms with Gasteiger partial charge in [-0.1, -0.05) is 37.3 Å². The van der Waals surface area contributed by atoms with E-state index >= 15 is 0 Å². The number of hydrogen-bond acceptors (Lipinski definition) is 3. The molecular weight excluding hydrogens is 240 g/mol. The molecule has 0 radical (unpaired) electrons. The molecule has 16 heavy (non-hydrogen) atoms. The summed E-state index contributed by atoms with van der Waals surface area (Å²) in [4.78, 5) is 0. The molecule has 0 bridgehead atoms. The first-order chi connectivity index (χ1) is 7.81. The standard InChI is InChI=1S/C12H13ClN2S/c1-9(10-5-3-2-4-6-10)12-15-14-11(16-12)7-8-13/h2-6,9H,7-8H2,1H3. The molecule has 1 aromatic carbocycles. The topological polar surface area (TPSA) is 25.8 Å². The summed E-state index contributed by atoms with van der Waals surface area (Å²) in [6.07, 6.45) is 0.806. The molecule has 0 fully saturated rings. The van der Waals surface area contributed by atoms with Crippen LogP contribution in [0, 0.1) is 0 Å². The quantitative estimate of drug-likeness (QED) is 0.779. The van der Waals surface area contributed by atoms with Crippen LogP contribution in [0.4, 0.5) is 0 Å². The first-order valence-corrected chi connectivity index (χ1v) is 6.59. The fourth-order valence-corrected chi connectivity index (χ4v) is 2.72. The molecule has 1 aromatic heterocycles. The van der Waals surface area contributed by atoms with Crippen molar-refractivity contribution < 1.29 is 0 Å². The van der Waals surface area contributed by atoms with Crippen LogP contribution in [-0.2, 0) is 6.42 Å². The van der Waals surface area contributed by atoms with E-state index in [2.05, 4.69) is 29.3 Å². The zero-order valence-electron chi connectivity index (χ0n) is 9.06. The van der Waals surface area contributed by atoms with Crippen LogP contribution in [0.2, 0.25) is 0 Å². The number of rotatable bonds is 4. The first-order valence-electron chi connectivity index (χ1n) is 5.24. The van der Waals surface area contributed by atoms with Crippen LogP contribution in [0.25, 0.3) is 0 Å². The summed E-state index contributed by atoms with van der Waals surface area (Å²) in [5.41, 5.74) is 1.27. The number of hydrogen-bond donors (Lipinski definition) is 0. The first kappa shape index (κ1) is 11.6. The Bertz CT molecular complexity index is 441. The lowest BCUT2D eigenvalue weighted by molar-refractivity contribution is 0.857. The zero-order valence-corrected chi connectivity index (χ0v) is 10.6. The van der Waals surface area contributed by atoms with Gasteiger partial charge < -0.3 is 0 Å². The molecule has 0 aliphatic heterocycles. The van der Waals surface area contributed by atoms with Gasteiger partial charge in [-0.2, -0.15) is 0 Å². The van der Waals surface area contributed by atoms with E-state index in [1.807, 2.05) is 18.2 Å². The third-order valence-corrected chi connectivity index (χ3v) is 3.82. The van der Waals surface area contributed by atoms with Gasteiger partial charge in [-0.15, -0.1) is 33.1 Å². The van der Waals surface area contributed by atoms with Gasteiger partial charge in [0.1, 0.15) is 10.0 Å². The van der Waals surface area contributed by atoms with Crippen LogP contribution in [0.1, 0.15) is 28.4 Å². The van der Waals surface area contributed by atoms with Gasteiger partial charge in [0.05, 0.1) is 0 Å². The summed E-state index contributed by atoms with van der Waals surface area (Å²) in [5.74, 6) is 0.914. The maximum absolute atomic E-state index is 5.68. The van der Waals surface area contributed by atoms with Gasteiger partial charge >= 0.3 is 0 Å². The number of aryl methyl sites for hydroxylation is 1. The van der Waals surface area contributed by atoms with Gasteiger partial charge in [-0.25, -0.2) is 0 Å². The van der Waals surface area contributed by atoms with E-state index in [0.29, 0.717) is 11.8 Å². The normalized spacial score (nSPS) is 12.6. The molecule has 84 valence electrons. The Morgan fingerprint density at radius 1 is 1.25 bits per heavy atom. The van der Waals surface area contributed by atoms with Crippen molar-refractivity contribution >= 4 is 22.9 Å². The molecular formula is C12H13ClN2S. The highest BCUT2D eigenvalue weighted by atomic mass is 35.5. The molecule has 2 nitrogen and oxygen atoms in total. The van der Waals surface area contributed by atoms with E-state index in [0.717, 1.165) is 16.4 Å². The predicted molar refractivity (Wildman–Crippen MR) is 68.3 cm³/mol. The highest BCUT2D eigenvalue weighted by Gasteiger charge is 2.13. The number of alkyl halides is 1. The minimum absolute atomic E-state index is 0.308. The van der Waals surface area contributed by atoms with Gasteiger partial charge in [0.15, 0.2) is 0 Å². The average Bonchev–Trinajstić information content (AvgIpc) is 2.78. The Labute approximate surface area is 104 Å². The van der Waals surface area contributed by atoms with E-state index in [-0.39, 0.29) is 0 Å². The van der Waals surface area contributed by atoms with E-state index in [9.17, 15) is 0 Å². The molecule has 0 N–H and O–H groups in total. The van der Waals surface area contributed by atoms with Crippen molar-refractivity contribution in [1.29, 1.82) is 0 Å². The number of benzene rings is 1. The molecule has 0 amide bonds. The zero-order chi connectivity index (χ0) is 11.4. The summed E-state index contributed by atoms with van der Waals surface area (Å²) in [7, 11) is 0. The lowest BCUT2D eigenvalue weighted by Gasteiger charge is -2.06. The molecule has 2 aromatic rings. The van der Waals surface area contributed by atoms with E-state index in [1.165, 1.54) is 5.56 Å². The molecule has 2 rings (SSSR count). The summed E-state index contributed by atoms with van der Waals surface area (Å²) >= 11 is 7.33.